The van der Waals surface area contributed by atoms with Crippen LogP contribution in [0.25, 0.3) is 0 Å². The lowest BCUT2D eigenvalue weighted by Gasteiger charge is -2.21. The fourth-order valence-corrected chi connectivity index (χ4v) is 2.08. The van der Waals surface area contributed by atoms with Gasteiger partial charge in [-0.05, 0) is 43.2 Å². The van der Waals surface area contributed by atoms with Crippen LogP contribution < -0.4 is 10.6 Å². The molecule has 1 aromatic carbocycles. The van der Waals surface area contributed by atoms with E-state index in [4.69, 9.17) is 10.2 Å². The Morgan fingerprint density at radius 3 is 2.32 bits per heavy atom. The molecule has 2 N–H and O–H groups in total. The molecule has 0 bridgehead atoms. The second-order valence-electron chi connectivity index (χ2n) is 4.88. The van der Waals surface area contributed by atoms with E-state index < -0.39 is 0 Å². The Labute approximate surface area is 120 Å². The Morgan fingerprint density at radius 1 is 1.11 bits per heavy atom. The second kappa shape index (κ2) is 6.13. The van der Waals surface area contributed by atoms with Gasteiger partial charge < -0.3 is 15.1 Å². The van der Waals surface area contributed by atoms with Crippen LogP contribution in [0.5, 0.6) is 0 Å². The molecule has 0 aliphatic heterocycles. The molecule has 0 aliphatic carbocycles. The largest absolute Gasteiger partial charge is 0.464 e. The average molecular weight is 281 g/mol. The number of hydrogen-bond acceptors (Lipinski definition) is 3. The van der Waals surface area contributed by atoms with Crippen LogP contribution in [-0.4, -0.2) is 14.1 Å². The first-order valence-corrected chi connectivity index (χ1v) is 6.09. The predicted octanol–water partition coefficient (Wildman–Crippen LogP) is 3.43. The standard InChI is InChI=1S/C15H20N2O.ClH/c1-10-5-7-12(13(9-10)17(3)4)15(16)14-8-6-11(2)18-14;/h5-9,15H,16H2,1-4H3;1H. The fourth-order valence-electron chi connectivity index (χ4n) is 2.08. The third-order valence-corrected chi connectivity index (χ3v) is 3.07. The first-order valence-electron chi connectivity index (χ1n) is 6.09. The van der Waals surface area contributed by atoms with E-state index in [9.17, 15) is 0 Å². The highest BCUT2D eigenvalue weighted by atomic mass is 35.5. The van der Waals surface area contributed by atoms with Crippen molar-refractivity contribution >= 4 is 18.1 Å². The van der Waals surface area contributed by atoms with Gasteiger partial charge in [0.15, 0.2) is 0 Å². The fraction of sp³-hybridized carbons (Fsp3) is 0.333. The van der Waals surface area contributed by atoms with Gasteiger partial charge in [0.2, 0.25) is 0 Å². The number of halogens is 1. The van der Waals surface area contributed by atoms with Crippen molar-refractivity contribution in [2.45, 2.75) is 19.9 Å². The zero-order valence-corrected chi connectivity index (χ0v) is 12.6. The minimum absolute atomic E-state index is 0. The van der Waals surface area contributed by atoms with Crippen LogP contribution in [0.4, 0.5) is 5.69 Å². The molecule has 104 valence electrons. The molecule has 1 unspecified atom stereocenters. The van der Waals surface area contributed by atoms with Gasteiger partial charge in [0.25, 0.3) is 0 Å². The van der Waals surface area contributed by atoms with Gasteiger partial charge in [0, 0.05) is 19.8 Å². The van der Waals surface area contributed by atoms with Crippen molar-refractivity contribution in [2.24, 2.45) is 5.73 Å². The smallest absolute Gasteiger partial charge is 0.125 e. The summed E-state index contributed by atoms with van der Waals surface area (Å²) in [5, 5.41) is 0. The Kier molecular flexibility index (Phi) is 5.04. The Hall–Kier alpha value is -1.45. The number of nitrogens with zero attached hydrogens (tertiary/aromatic N) is 1. The van der Waals surface area contributed by atoms with Crippen molar-refractivity contribution in [3.05, 3.63) is 53.0 Å². The van der Waals surface area contributed by atoms with Crippen molar-refractivity contribution in [3.8, 4) is 0 Å². The Balaban J connectivity index is 0.00000180. The van der Waals surface area contributed by atoms with E-state index in [1.165, 1.54) is 5.56 Å². The van der Waals surface area contributed by atoms with Crippen molar-refractivity contribution in [2.75, 3.05) is 19.0 Å². The lowest BCUT2D eigenvalue weighted by Crippen LogP contribution is -2.18. The molecular formula is C15H21ClN2O. The number of aryl methyl sites for hydroxylation is 2. The highest BCUT2D eigenvalue weighted by Gasteiger charge is 2.17. The minimum atomic E-state index is -0.225. The van der Waals surface area contributed by atoms with Crippen molar-refractivity contribution in [1.82, 2.24) is 0 Å². The summed E-state index contributed by atoms with van der Waals surface area (Å²) in [6.07, 6.45) is 0. The van der Waals surface area contributed by atoms with Gasteiger partial charge >= 0.3 is 0 Å². The van der Waals surface area contributed by atoms with Gasteiger partial charge in [0.05, 0.1) is 6.04 Å². The van der Waals surface area contributed by atoms with Crippen molar-refractivity contribution < 1.29 is 4.42 Å². The summed E-state index contributed by atoms with van der Waals surface area (Å²) < 4.78 is 5.62. The van der Waals surface area contributed by atoms with Gasteiger partial charge in [-0.25, -0.2) is 0 Å². The number of nitrogens with two attached hydrogens (primary N) is 1. The lowest BCUT2D eigenvalue weighted by molar-refractivity contribution is 0.466. The number of rotatable bonds is 3. The summed E-state index contributed by atoms with van der Waals surface area (Å²) in [6.45, 7) is 4.01. The molecule has 0 saturated heterocycles. The molecule has 3 nitrogen and oxygen atoms in total. The van der Waals surface area contributed by atoms with E-state index in [2.05, 4.69) is 30.0 Å². The second-order valence-corrected chi connectivity index (χ2v) is 4.88. The average Bonchev–Trinajstić information content (AvgIpc) is 2.75. The number of furan rings is 1. The normalized spacial score (nSPS) is 11.8. The van der Waals surface area contributed by atoms with E-state index in [1.54, 1.807) is 0 Å². The molecule has 2 rings (SSSR count). The third-order valence-electron chi connectivity index (χ3n) is 3.07. The quantitative estimate of drug-likeness (QED) is 0.937. The van der Waals surface area contributed by atoms with Gasteiger partial charge in [-0.3, -0.25) is 0 Å². The number of anilines is 1. The molecule has 1 atom stereocenters. The van der Waals surface area contributed by atoms with Gasteiger partial charge in [-0.15, -0.1) is 12.4 Å². The molecule has 4 heteroatoms. The first kappa shape index (κ1) is 15.6. The molecule has 0 saturated carbocycles. The van der Waals surface area contributed by atoms with Crippen LogP contribution in [0, 0.1) is 13.8 Å². The molecule has 0 fully saturated rings. The van der Waals surface area contributed by atoms with E-state index in [0.29, 0.717) is 0 Å². The molecular weight excluding hydrogens is 260 g/mol. The Bertz CT molecular complexity index is 549. The molecule has 0 spiro atoms. The lowest BCUT2D eigenvalue weighted by atomic mass is 10.0. The number of benzene rings is 1. The topological polar surface area (TPSA) is 42.4 Å². The zero-order valence-electron chi connectivity index (χ0n) is 11.8. The van der Waals surface area contributed by atoms with Crippen LogP contribution >= 0.6 is 12.4 Å². The van der Waals surface area contributed by atoms with Crippen LogP contribution in [-0.2, 0) is 0 Å². The summed E-state index contributed by atoms with van der Waals surface area (Å²) in [6, 6.07) is 9.96. The van der Waals surface area contributed by atoms with E-state index in [-0.39, 0.29) is 18.4 Å². The maximum atomic E-state index is 6.30. The van der Waals surface area contributed by atoms with Gasteiger partial charge in [0.1, 0.15) is 11.5 Å². The van der Waals surface area contributed by atoms with Crippen LogP contribution in [0.3, 0.4) is 0 Å². The predicted molar refractivity (Wildman–Crippen MR) is 82.2 cm³/mol. The Morgan fingerprint density at radius 2 is 1.79 bits per heavy atom. The number of hydrogen-bond donors (Lipinski definition) is 1. The highest BCUT2D eigenvalue weighted by molar-refractivity contribution is 5.85. The maximum absolute atomic E-state index is 6.30. The summed E-state index contributed by atoms with van der Waals surface area (Å²) in [4.78, 5) is 2.08. The van der Waals surface area contributed by atoms with Gasteiger partial charge in [-0.1, -0.05) is 12.1 Å². The van der Waals surface area contributed by atoms with Crippen LogP contribution in [0.1, 0.15) is 28.7 Å². The van der Waals surface area contributed by atoms with Crippen molar-refractivity contribution in [3.63, 3.8) is 0 Å². The van der Waals surface area contributed by atoms with Crippen LogP contribution in [0.2, 0.25) is 0 Å². The molecule has 19 heavy (non-hydrogen) atoms. The maximum Gasteiger partial charge on any atom is 0.125 e. The van der Waals surface area contributed by atoms with E-state index in [0.717, 1.165) is 22.8 Å². The van der Waals surface area contributed by atoms with Gasteiger partial charge in [-0.2, -0.15) is 0 Å². The molecule has 1 heterocycles. The minimum Gasteiger partial charge on any atom is -0.464 e. The summed E-state index contributed by atoms with van der Waals surface area (Å²) in [5.41, 5.74) is 9.74. The molecule has 1 aromatic heterocycles. The van der Waals surface area contributed by atoms with Crippen LogP contribution in [0.15, 0.2) is 34.7 Å². The van der Waals surface area contributed by atoms with E-state index in [1.807, 2.05) is 33.2 Å². The van der Waals surface area contributed by atoms with E-state index >= 15 is 0 Å². The third kappa shape index (κ3) is 3.31. The molecule has 0 aliphatic rings. The SMILES string of the molecule is Cc1ccc(C(N)c2ccc(C)o2)c(N(C)C)c1.Cl. The van der Waals surface area contributed by atoms with Crippen molar-refractivity contribution in [1.29, 1.82) is 0 Å². The molecule has 0 amide bonds. The summed E-state index contributed by atoms with van der Waals surface area (Å²) in [5.74, 6) is 1.69. The molecule has 2 aromatic rings. The monoisotopic (exact) mass is 280 g/mol. The summed E-state index contributed by atoms with van der Waals surface area (Å²) in [7, 11) is 4.05. The zero-order chi connectivity index (χ0) is 13.3. The first-order chi connectivity index (χ1) is 8.49. The summed E-state index contributed by atoms with van der Waals surface area (Å²) >= 11 is 0. The highest BCUT2D eigenvalue weighted by Crippen LogP contribution is 2.30. The molecule has 0 radical (unpaired) electrons.